The first-order valence-electron chi connectivity index (χ1n) is 10.0. The molecule has 0 saturated heterocycles. The van der Waals surface area contributed by atoms with E-state index in [1.165, 1.54) is 0 Å². The Balaban J connectivity index is 2.85. The van der Waals surface area contributed by atoms with E-state index in [1.54, 1.807) is 18.2 Å². The predicted octanol–water partition coefficient (Wildman–Crippen LogP) is 5.48. The molecule has 0 aliphatic carbocycles. The second-order valence-corrected chi connectivity index (χ2v) is 11.6. The van der Waals surface area contributed by atoms with Crippen molar-refractivity contribution in [1.82, 2.24) is 0 Å². The Morgan fingerprint density at radius 3 is 1.61 bits per heavy atom. The van der Waals surface area contributed by atoms with E-state index >= 15 is 0 Å². The van der Waals surface area contributed by atoms with E-state index in [-0.39, 0.29) is 28.1 Å². The molecule has 5 nitrogen and oxygen atoms in total. The topological polar surface area (TPSA) is 94.8 Å². The van der Waals surface area contributed by atoms with Crippen molar-refractivity contribution in [2.45, 2.75) is 52.4 Å². The van der Waals surface area contributed by atoms with Gasteiger partial charge in [-0.15, -0.1) is 0 Å². The molecule has 0 aliphatic heterocycles. The minimum absolute atomic E-state index is 0.179. The molecule has 0 radical (unpaired) electrons. The number of aromatic hydroxyl groups is 1. The minimum Gasteiger partial charge on any atom is -0.508 e. The molecule has 2 atom stereocenters. The Morgan fingerprint density at radius 2 is 1.26 bits per heavy atom. The Labute approximate surface area is 190 Å². The van der Waals surface area contributed by atoms with Crippen LogP contribution < -0.4 is 0 Å². The molecule has 0 heterocycles. The van der Waals surface area contributed by atoms with Gasteiger partial charge in [0.25, 0.3) is 0 Å². The summed E-state index contributed by atoms with van der Waals surface area (Å²) in [6, 6.07) is 11.2. The van der Waals surface area contributed by atoms with Gasteiger partial charge >= 0.3 is 0 Å². The van der Waals surface area contributed by atoms with Crippen molar-refractivity contribution in [2.75, 3.05) is 11.5 Å². The van der Waals surface area contributed by atoms with Gasteiger partial charge in [-0.1, -0.05) is 71.9 Å². The highest BCUT2D eigenvalue weighted by atomic mass is 32.2. The highest BCUT2D eigenvalue weighted by molar-refractivity contribution is 7.80. The van der Waals surface area contributed by atoms with Crippen LogP contribution in [0.4, 0.5) is 0 Å². The zero-order valence-electron chi connectivity index (χ0n) is 18.9. The summed E-state index contributed by atoms with van der Waals surface area (Å²) in [5.74, 6) is -0.153. The highest BCUT2D eigenvalue weighted by Crippen LogP contribution is 2.42. The van der Waals surface area contributed by atoms with Gasteiger partial charge in [-0.05, 0) is 56.4 Å². The first kappa shape index (κ1) is 25.5. The Kier molecular flexibility index (Phi) is 8.03. The molecule has 170 valence electrons. The van der Waals surface area contributed by atoms with Crippen molar-refractivity contribution < 1.29 is 22.6 Å². The molecule has 2 aromatic carbocycles. The Morgan fingerprint density at radius 1 is 0.839 bits per heavy atom. The van der Waals surface area contributed by atoms with E-state index in [0.29, 0.717) is 5.57 Å². The second-order valence-electron chi connectivity index (χ2n) is 9.77. The van der Waals surface area contributed by atoms with Gasteiger partial charge in [-0.2, -0.15) is 0 Å². The molecule has 31 heavy (non-hydrogen) atoms. The lowest BCUT2D eigenvalue weighted by molar-refractivity contribution is 0.475. The lowest BCUT2D eigenvalue weighted by Crippen LogP contribution is -2.20. The third-order valence-electron chi connectivity index (χ3n) is 4.92. The molecule has 0 aromatic heterocycles. The van der Waals surface area contributed by atoms with Gasteiger partial charge in [-0.25, -0.2) is 8.42 Å². The molecular weight excluding hydrogens is 432 g/mol. The van der Waals surface area contributed by atoms with Crippen LogP contribution in [0.2, 0.25) is 0 Å². The normalized spacial score (nSPS) is 14.2. The maximum absolute atomic E-state index is 11.4. The van der Waals surface area contributed by atoms with Gasteiger partial charge in [0, 0.05) is 0 Å². The molecule has 0 amide bonds. The van der Waals surface area contributed by atoms with Crippen molar-refractivity contribution in [3.05, 3.63) is 58.7 Å². The fourth-order valence-electron chi connectivity index (χ4n) is 3.55. The maximum Gasteiger partial charge on any atom is 0.157 e. The van der Waals surface area contributed by atoms with E-state index in [0.717, 1.165) is 27.8 Å². The number of phenolic OH excluding ortho intramolecular Hbond substituents is 1. The fourth-order valence-corrected chi connectivity index (χ4v) is 4.68. The smallest absolute Gasteiger partial charge is 0.157 e. The zero-order chi connectivity index (χ0) is 23.6. The number of rotatable bonds is 6. The second kappa shape index (κ2) is 9.77. The van der Waals surface area contributed by atoms with Crippen molar-refractivity contribution >= 4 is 28.2 Å². The molecule has 3 N–H and O–H groups in total. The molecule has 0 bridgehead atoms. The van der Waals surface area contributed by atoms with Gasteiger partial charge < -0.3 is 14.2 Å². The summed E-state index contributed by atoms with van der Waals surface area (Å²) in [5.41, 5.74) is 5.11. The summed E-state index contributed by atoms with van der Waals surface area (Å²) < 4.78 is 41.4. The van der Waals surface area contributed by atoms with Crippen molar-refractivity contribution in [3.63, 3.8) is 0 Å². The molecule has 2 unspecified atom stereocenters. The van der Waals surface area contributed by atoms with Gasteiger partial charge in [0.05, 0.1) is 11.5 Å². The van der Waals surface area contributed by atoms with Crippen LogP contribution in [0.1, 0.15) is 58.2 Å². The first-order chi connectivity index (χ1) is 14.2. The van der Waals surface area contributed by atoms with Gasteiger partial charge in [0.1, 0.15) is 5.75 Å². The Hall–Kier alpha value is -1.80. The van der Waals surface area contributed by atoms with E-state index in [4.69, 9.17) is 0 Å². The molecule has 0 saturated carbocycles. The van der Waals surface area contributed by atoms with Crippen molar-refractivity contribution in [2.24, 2.45) is 0 Å². The average Bonchev–Trinajstić information content (AvgIpc) is 2.59. The largest absolute Gasteiger partial charge is 0.508 e. The predicted molar refractivity (Wildman–Crippen MR) is 130 cm³/mol. The quantitative estimate of drug-likeness (QED) is 0.492. The Bertz CT molecular complexity index is 957. The minimum atomic E-state index is -2.10. The van der Waals surface area contributed by atoms with E-state index in [1.807, 2.05) is 24.3 Å². The third-order valence-corrected chi connectivity index (χ3v) is 6.16. The van der Waals surface area contributed by atoms with Gasteiger partial charge in [-0.3, -0.25) is 0 Å². The van der Waals surface area contributed by atoms with E-state index in [9.17, 15) is 22.6 Å². The van der Waals surface area contributed by atoms with Crippen LogP contribution in [-0.2, 0) is 33.0 Å². The number of hydrogen-bond donors (Lipinski definition) is 3. The van der Waals surface area contributed by atoms with Crippen molar-refractivity contribution in [3.8, 4) is 16.9 Å². The molecule has 7 heteroatoms. The highest BCUT2D eigenvalue weighted by Gasteiger charge is 2.27. The lowest BCUT2D eigenvalue weighted by atomic mass is 9.73. The summed E-state index contributed by atoms with van der Waals surface area (Å²) in [5, 5.41) is 9.75. The molecule has 2 aromatic rings. The summed E-state index contributed by atoms with van der Waals surface area (Å²) in [7, 11) is 0. The molecular formula is C24H32O5S2. The van der Waals surface area contributed by atoms with Crippen LogP contribution >= 0.6 is 0 Å². The lowest BCUT2D eigenvalue weighted by Gasteiger charge is -2.31. The summed E-state index contributed by atoms with van der Waals surface area (Å²) in [6.45, 7) is 12.7. The standard InChI is InChI=1S/C24H32O5S2/c1-23(2,3)20-12-16(11-17(14-30(26)27)15-31(28)29)13-21(24(4,5)6)22(20)18-7-9-19(25)10-8-18/h7-13,25H,14-15H2,1-6H3,(H,26,27)(H,28,29). The number of benzene rings is 2. The van der Waals surface area contributed by atoms with Crippen molar-refractivity contribution in [1.29, 1.82) is 0 Å². The van der Waals surface area contributed by atoms with E-state index in [2.05, 4.69) is 41.5 Å². The molecule has 0 aliphatic rings. The van der Waals surface area contributed by atoms with Crippen LogP contribution in [0.15, 0.2) is 42.0 Å². The van der Waals surface area contributed by atoms with Gasteiger partial charge in [0.2, 0.25) is 0 Å². The summed E-state index contributed by atoms with van der Waals surface area (Å²) in [4.78, 5) is 0. The van der Waals surface area contributed by atoms with Crippen LogP contribution in [0, 0.1) is 0 Å². The SMILES string of the molecule is CC(C)(C)c1cc(C=C(CS(=O)O)CS(=O)O)cc(C(C)(C)C)c1-c1ccc(O)cc1. The number of hydrogen-bond acceptors (Lipinski definition) is 3. The molecule has 0 fully saturated rings. The zero-order valence-corrected chi connectivity index (χ0v) is 20.6. The van der Waals surface area contributed by atoms with Gasteiger partial charge in [0.15, 0.2) is 22.2 Å². The maximum atomic E-state index is 11.4. The first-order valence-corrected chi connectivity index (χ1v) is 12.6. The van der Waals surface area contributed by atoms with Crippen LogP contribution in [-0.4, -0.2) is 34.1 Å². The van der Waals surface area contributed by atoms with Crippen LogP contribution in [0.3, 0.4) is 0 Å². The van der Waals surface area contributed by atoms with E-state index < -0.39 is 22.2 Å². The third kappa shape index (κ3) is 7.10. The monoisotopic (exact) mass is 464 g/mol. The molecule has 0 spiro atoms. The average molecular weight is 465 g/mol. The summed E-state index contributed by atoms with van der Waals surface area (Å²) >= 11 is -4.21. The number of phenols is 1. The van der Waals surface area contributed by atoms with Crippen LogP contribution in [0.25, 0.3) is 17.2 Å². The summed E-state index contributed by atoms with van der Waals surface area (Å²) in [6.07, 6.45) is 1.74. The van der Waals surface area contributed by atoms with Crippen LogP contribution in [0.5, 0.6) is 5.75 Å². The fraction of sp³-hybridized carbons (Fsp3) is 0.417. The molecule has 2 rings (SSSR count).